The van der Waals surface area contributed by atoms with Crippen molar-refractivity contribution in [3.8, 4) is 11.8 Å². The summed E-state index contributed by atoms with van der Waals surface area (Å²) in [7, 11) is 1.57. The van der Waals surface area contributed by atoms with Crippen molar-refractivity contribution in [2.75, 3.05) is 12.4 Å². The SMILES string of the molecule is COc1cccc(NC(=O)C2(C#N)CCC2)c1. The maximum atomic E-state index is 12.0. The van der Waals surface area contributed by atoms with Crippen LogP contribution >= 0.6 is 0 Å². The molecule has 0 heterocycles. The van der Waals surface area contributed by atoms with Crippen LogP contribution in [0.5, 0.6) is 5.75 Å². The molecule has 1 aliphatic rings. The zero-order valence-corrected chi connectivity index (χ0v) is 9.69. The third kappa shape index (κ3) is 2.09. The summed E-state index contributed by atoms with van der Waals surface area (Å²) in [5.41, 5.74) is -0.154. The Morgan fingerprint density at radius 1 is 1.53 bits per heavy atom. The van der Waals surface area contributed by atoms with E-state index in [0.717, 1.165) is 6.42 Å². The summed E-state index contributed by atoms with van der Waals surface area (Å²) in [6.45, 7) is 0. The molecule has 0 atom stereocenters. The van der Waals surface area contributed by atoms with E-state index < -0.39 is 5.41 Å². The normalized spacial score (nSPS) is 16.5. The van der Waals surface area contributed by atoms with Gasteiger partial charge in [0.15, 0.2) is 0 Å². The van der Waals surface area contributed by atoms with E-state index in [1.807, 2.05) is 0 Å². The minimum absolute atomic E-state index is 0.209. The molecule has 1 amide bonds. The van der Waals surface area contributed by atoms with Gasteiger partial charge in [-0.15, -0.1) is 0 Å². The summed E-state index contributed by atoms with van der Waals surface area (Å²) in [6.07, 6.45) is 2.25. The molecule has 0 saturated heterocycles. The Morgan fingerprint density at radius 2 is 2.29 bits per heavy atom. The fourth-order valence-electron chi connectivity index (χ4n) is 1.87. The first-order valence-corrected chi connectivity index (χ1v) is 5.57. The molecule has 2 rings (SSSR count). The number of hydrogen-bond acceptors (Lipinski definition) is 3. The van der Waals surface area contributed by atoms with Crippen molar-refractivity contribution in [3.05, 3.63) is 24.3 Å². The number of nitriles is 1. The minimum atomic E-state index is -0.816. The van der Waals surface area contributed by atoms with Gasteiger partial charge in [0.25, 0.3) is 0 Å². The predicted molar refractivity (Wildman–Crippen MR) is 63.5 cm³/mol. The molecular formula is C13H14N2O2. The first-order chi connectivity index (χ1) is 8.20. The summed E-state index contributed by atoms with van der Waals surface area (Å²) in [5.74, 6) is 0.474. The average Bonchev–Trinajstić information content (AvgIpc) is 2.28. The van der Waals surface area contributed by atoms with Crippen LogP contribution in [-0.4, -0.2) is 13.0 Å². The Bertz CT molecular complexity index is 473. The predicted octanol–water partition coefficient (Wildman–Crippen LogP) is 2.33. The standard InChI is InChI=1S/C13H14N2O2/c1-17-11-5-2-4-10(8-11)15-12(16)13(9-14)6-3-7-13/h2,4-5,8H,3,6-7H2,1H3,(H,15,16). The summed E-state index contributed by atoms with van der Waals surface area (Å²) < 4.78 is 5.07. The van der Waals surface area contributed by atoms with E-state index in [1.54, 1.807) is 31.4 Å². The molecule has 0 aromatic heterocycles. The van der Waals surface area contributed by atoms with E-state index in [4.69, 9.17) is 10.00 Å². The smallest absolute Gasteiger partial charge is 0.244 e. The van der Waals surface area contributed by atoms with Crippen molar-refractivity contribution in [2.24, 2.45) is 5.41 Å². The number of nitrogens with zero attached hydrogens (tertiary/aromatic N) is 1. The third-order valence-electron chi connectivity index (χ3n) is 3.18. The molecule has 1 aromatic carbocycles. The molecule has 4 nitrogen and oxygen atoms in total. The van der Waals surface area contributed by atoms with Gasteiger partial charge in [-0.25, -0.2) is 0 Å². The Balaban J connectivity index is 2.10. The van der Waals surface area contributed by atoms with Crippen LogP contribution in [0.15, 0.2) is 24.3 Å². The molecule has 17 heavy (non-hydrogen) atoms. The zero-order valence-electron chi connectivity index (χ0n) is 9.69. The van der Waals surface area contributed by atoms with Gasteiger partial charge >= 0.3 is 0 Å². The third-order valence-corrected chi connectivity index (χ3v) is 3.18. The van der Waals surface area contributed by atoms with Gasteiger partial charge in [-0.3, -0.25) is 4.79 Å². The van der Waals surface area contributed by atoms with Crippen LogP contribution in [0.4, 0.5) is 5.69 Å². The van der Waals surface area contributed by atoms with Crippen LogP contribution in [0, 0.1) is 16.7 Å². The fourth-order valence-corrected chi connectivity index (χ4v) is 1.87. The maximum absolute atomic E-state index is 12.0. The van der Waals surface area contributed by atoms with Crippen LogP contribution in [-0.2, 0) is 4.79 Å². The molecule has 1 N–H and O–H groups in total. The van der Waals surface area contributed by atoms with E-state index in [0.29, 0.717) is 24.3 Å². The van der Waals surface area contributed by atoms with E-state index in [-0.39, 0.29) is 5.91 Å². The molecule has 0 spiro atoms. The topological polar surface area (TPSA) is 62.1 Å². The lowest BCUT2D eigenvalue weighted by Gasteiger charge is -2.33. The molecule has 1 aromatic rings. The first-order valence-electron chi connectivity index (χ1n) is 5.57. The Labute approximate surface area is 100 Å². The number of benzene rings is 1. The molecule has 0 bridgehead atoms. The molecule has 1 saturated carbocycles. The average molecular weight is 230 g/mol. The van der Waals surface area contributed by atoms with Crippen LogP contribution in [0.2, 0.25) is 0 Å². The highest BCUT2D eigenvalue weighted by Crippen LogP contribution is 2.41. The van der Waals surface area contributed by atoms with Crippen molar-refractivity contribution < 1.29 is 9.53 Å². The van der Waals surface area contributed by atoms with Crippen molar-refractivity contribution in [3.63, 3.8) is 0 Å². The highest BCUT2D eigenvalue weighted by molar-refractivity contribution is 5.97. The first kappa shape index (κ1) is 11.5. The van der Waals surface area contributed by atoms with Crippen molar-refractivity contribution in [2.45, 2.75) is 19.3 Å². The van der Waals surface area contributed by atoms with Crippen LogP contribution in [0.25, 0.3) is 0 Å². The van der Waals surface area contributed by atoms with Gasteiger partial charge < -0.3 is 10.1 Å². The Kier molecular flexibility index (Phi) is 3.01. The fraction of sp³-hybridized carbons (Fsp3) is 0.385. The zero-order chi connectivity index (χ0) is 12.3. The molecular weight excluding hydrogens is 216 g/mol. The Morgan fingerprint density at radius 3 is 2.82 bits per heavy atom. The van der Waals surface area contributed by atoms with Gasteiger partial charge in [-0.2, -0.15) is 5.26 Å². The number of carbonyl (C=O) groups excluding carboxylic acids is 1. The molecule has 0 unspecified atom stereocenters. The second-order valence-corrected chi connectivity index (χ2v) is 4.23. The number of anilines is 1. The van der Waals surface area contributed by atoms with Gasteiger partial charge in [0.2, 0.25) is 5.91 Å². The maximum Gasteiger partial charge on any atom is 0.244 e. The molecule has 1 aliphatic carbocycles. The molecule has 0 radical (unpaired) electrons. The van der Waals surface area contributed by atoms with Gasteiger partial charge in [0.05, 0.1) is 13.2 Å². The number of ether oxygens (including phenoxy) is 1. The number of rotatable bonds is 3. The summed E-state index contributed by atoms with van der Waals surface area (Å²) in [5, 5.41) is 11.8. The molecule has 0 aliphatic heterocycles. The summed E-state index contributed by atoms with van der Waals surface area (Å²) in [6, 6.07) is 9.24. The van der Waals surface area contributed by atoms with Gasteiger partial charge in [-0.1, -0.05) is 6.07 Å². The van der Waals surface area contributed by atoms with E-state index in [1.165, 1.54) is 0 Å². The largest absolute Gasteiger partial charge is 0.497 e. The van der Waals surface area contributed by atoms with Crippen molar-refractivity contribution in [1.82, 2.24) is 0 Å². The van der Waals surface area contributed by atoms with Gasteiger partial charge in [0, 0.05) is 11.8 Å². The molecule has 88 valence electrons. The van der Waals surface area contributed by atoms with Crippen molar-refractivity contribution >= 4 is 11.6 Å². The highest BCUT2D eigenvalue weighted by Gasteiger charge is 2.44. The van der Waals surface area contributed by atoms with E-state index >= 15 is 0 Å². The number of hydrogen-bond donors (Lipinski definition) is 1. The lowest BCUT2D eigenvalue weighted by Crippen LogP contribution is -2.40. The van der Waals surface area contributed by atoms with Crippen LogP contribution in [0.1, 0.15) is 19.3 Å². The molecule has 1 fully saturated rings. The lowest BCUT2D eigenvalue weighted by molar-refractivity contribution is -0.126. The lowest BCUT2D eigenvalue weighted by atomic mass is 9.69. The second-order valence-electron chi connectivity index (χ2n) is 4.23. The van der Waals surface area contributed by atoms with Crippen molar-refractivity contribution in [1.29, 1.82) is 5.26 Å². The number of methoxy groups -OCH3 is 1. The number of carbonyl (C=O) groups is 1. The second kappa shape index (κ2) is 4.46. The number of nitrogens with one attached hydrogen (secondary N) is 1. The quantitative estimate of drug-likeness (QED) is 0.866. The molecule has 4 heteroatoms. The number of amides is 1. The minimum Gasteiger partial charge on any atom is -0.497 e. The van der Waals surface area contributed by atoms with E-state index in [2.05, 4.69) is 11.4 Å². The summed E-state index contributed by atoms with van der Waals surface area (Å²) in [4.78, 5) is 12.0. The van der Waals surface area contributed by atoms with Crippen LogP contribution < -0.4 is 10.1 Å². The van der Waals surface area contributed by atoms with Crippen LogP contribution in [0.3, 0.4) is 0 Å². The van der Waals surface area contributed by atoms with E-state index in [9.17, 15) is 4.79 Å². The van der Waals surface area contributed by atoms with Gasteiger partial charge in [-0.05, 0) is 31.4 Å². The summed E-state index contributed by atoms with van der Waals surface area (Å²) >= 11 is 0. The monoisotopic (exact) mass is 230 g/mol. The Hall–Kier alpha value is -2.02. The highest BCUT2D eigenvalue weighted by atomic mass is 16.5. The van der Waals surface area contributed by atoms with Gasteiger partial charge in [0.1, 0.15) is 11.2 Å².